The number of amides is 2. The van der Waals surface area contributed by atoms with Gasteiger partial charge in [-0.1, -0.05) is 0 Å². The second-order valence-corrected chi connectivity index (χ2v) is 6.06. The number of nitrogens with zero attached hydrogens (tertiary/aromatic N) is 6. The molecule has 2 amide bonds. The number of imidazole rings is 1. The van der Waals surface area contributed by atoms with E-state index in [1.54, 1.807) is 10.9 Å². The van der Waals surface area contributed by atoms with Crippen LogP contribution in [0.25, 0.3) is 0 Å². The molecule has 1 atom stereocenters. The lowest BCUT2D eigenvalue weighted by atomic mass is 10.1. The molecule has 0 radical (unpaired) electrons. The Kier molecular flexibility index (Phi) is 4.08. The molecule has 8 heteroatoms. The number of nitrogens with one attached hydrogen (secondary N) is 1. The Hall–Kier alpha value is -2.35. The molecule has 2 aromatic rings. The van der Waals surface area contributed by atoms with Crippen LogP contribution in [0.5, 0.6) is 0 Å². The van der Waals surface area contributed by atoms with Gasteiger partial charge < -0.3 is 9.47 Å². The van der Waals surface area contributed by atoms with Crippen LogP contribution in [0.15, 0.2) is 18.5 Å². The largest absolute Gasteiger partial charge is 0.337 e. The summed E-state index contributed by atoms with van der Waals surface area (Å²) >= 11 is 0. The highest BCUT2D eigenvalue weighted by atomic mass is 16.2. The van der Waals surface area contributed by atoms with Crippen LogP contribution in [0, 0.1) is 6.92 Å². The van der Waals surface area contributed by atoms with Crippen molar-refractivity contribution in [1.82, 2.24) is 29.1 Å². The SMILES string of the molecule is Cc1cc(NC(=O)N2CCN(C)[C@@H](c3nccn3C)C2)nn1C. The van der Waals surface area contributed by atoms with Crippen molar-refractivity contribution in [2.45, 2.75) is 13.0 Å². The van der Waals surface area contributed by atoms with Gasteiger partial charge in [0.05, 0.1) is 6.04 Å². The molecule has 1 N–H and O–H groups in total. The minimum absolute atomic E-state index is 0.0972. The van der Waals surface area contributed by atoms with Crippen LogP contribution < -0.4 is 5.32 Å². The smallest absolute Gasteiger partial charge is 0.323 e. The van der Waals surface area contributed by atoms with Gasteiger partial charge in [0.15, 0.2) is 5.82 Å². The lowest BCUT2D eigenvalue weighted by Crippen LogP contribution is -2.50. The summed E-state index contributed by atoms with van der Waals surface area (Å²) in [4.78, 5) is 21.0. The average molecular weight is 317 g/mol. The topological polar surface area (TPSA) is 71.2 Å². The zero-order valence-corrected chi connectivity index (χ0v) is 14.0. The molecule has 1 saturated heterocycles. The first-order valence-electron chi connectivity index (χ1n) is 7.69. The van der Waals surface area contributed by atoms with E-state index >= 15 is 0 Å². The lowest BCUT2D eigenvalue weighted by molar-refractivity contribution is 0.110. The van der Waals surface area contributed by atoms with Crippen LogP contribution in [0.4, 0.5) is 10.6 Å². The molecule has 0 unspecified atom stereocenters. The molecule has 2 aromatic heterocycles. The first-order chi connectivity index (χ1) is 11.0. The number of likely N-dealkylation sites (N-methyl/N-ethyl adjacent to an activating group) is 1. The third-order valence-electron chi connectivity index (χ3n) is 4.44. The van der Waals surface area contributed by atoms with E-state index in [0.717, 1.165) is 18.1 Å². The molecule has 3 heterocycles. The summed E-state index contributed by atoms with van der Waals surface area (Å²) in [7, 11) is 5.90. The number of carbonyl (C=O) groups is 1. The fourth-order valence-electron chi connectivity index (χ4n) is 2.85. The Morgan fingerprint density at radius 1 is 1.30 bits per heavy atom. The van der Waals surface area contributed by atoms with E-state index in [-0.39, 0.29) is 12.1 Å². The van der Waals surface area contributed by atoms with Gasteiger partial charge in [0.25, 0.3) is 0 Å². The second-order valence-electron chi connectivity index (χ2n) is 6.06. The number of piperazine rings is 1. The van der Waals surface area contributed by atoms with E-state index in [4.69, 9.17) is 0 Å². The fourth-order valence-corrected chi connectivity index (χ4v) is 2.85. The van der Waals surface area contributed by atoms with Gasteiger partial charge in [0.2, 0.25) is 0 Å². The Morgan fingerprint density at radius 3 is 2.70 bits per heavy atom. The molecule has 23 heavy (non-hydrogen) atoms. The summed E-state index contributed by atoms with van der Waals surface area (Å²) in [6.07, 6.45) is 3.72. The fraction of sp³-hybridized carbons (Fsp3) is 0.533. The Labute approximate surface area is 135 Å². The monoisotopic (exact) mass is 317 g/mol. The Morgan fingerprint density at radius 2 is 2.09 bits per heavy atom. The number of hydrogen-bond donors (Lipinski definition) is 1. The molecule has 0 spiro atoms. The lowest BCUT2D eigenvalue weighted by Gasteiger charge is -2.38. The van der Waals surface area contributed by atoms with Gasteiger partial charge in [-0.3, -0.25) is 14.9 Å². The van der Waals surface area contributed by atoms with Crippen LogP contribution in [-0.2, 0) is 14.1 Å². The van der Waals surface area contributed by atoms with E-state index in [1.807, 2.05) is 42.7 Å². The maximum absolute atomic E-state index is 12.5. The van der Waals surface area contributed by atoms with Crippen LogP contribution in [0.1, 0.15) is 17.6 Å². The van der Waals surface area contributed by atoms with Crippen molar-refractivity contribution in [3.05, 3.63) is 30.0 Å². The molecule has 1 aliphatic heterocycles. The van der Waals surface area contributed by atoms with Gasteiger partial charge in [-0.25, -0.2) is 9.78 Å². The van der Waals surface area contributed by atoms with Crippen LogP contribution in [0.2, 0.25) is 0 Å². The van der Waals surface area contributed by atoms with E-state index in [9.17, 15) is 4.79 Å². The summed E-state index contributed by atoms with van der Waals surface area (Å²) in [5.41, 5.74) is 1.00. The Balaban J connectivity index is 1.70. The summed E-state index contributed by atoms with van der Waals surface area (Å²) in [6.45, 7) is 4.07. The highest BCUT2D eigenvalue weighted by Gasteiger charge is 2.30. The molecule has 1 fully saturated rings. The zero-order chi connectivity index (χ0) is 16.6. The summed E-state index contributed by atoms with van der Waals surface area (Å²) < 4.78 is 3.75. The molecule has 0 bridgehead atoms. The standard InChI is InChI=1S/C15H23N7O/c1-11-9-13(18-21(11)4)17-15(23)22-8-7-19(2)12(10-22)14-16-5-6-20(14)3/h5-6,9,12H,7-8,10H2,1-4H3,(H,17,18,23)/t12-/m1/s1. The number of anilines is 1. The van der Waals surface area contributed by atoms with Crippen molar-refractivity contribution >= 4 is 11.8 Å². The predicted octanol–water partition coefficient (Wildman–Crippen LogP) is 0.983. The number of aryl methyl sites for hydroxylation is 3. The molecule has 8 nitrogen and oxygen atoms in total. The molecule has 1 aliphatic rings. The zero-order valence-electron chi connectivity index (χ0n) is 14.0. The minimum Gasteiger partial charge on any atom is -0.337 e. The van der Waals surface area contributed by atoms with Gasteiger partial charge in [0, 0.05) is 57.9 Å². The Bertz CT molecular complexity index is 685. The maximum atomic E-state index is 12.5. The number of rotatable bonds is 2. The van der Waals surface area contributed by atoms with Gasteiger partial charge in [-0.15, -0.1) is 0 Å². The molecule has 124 valence electrons. The normalized spacial score (nSPS) is 19.1. The van der Waals surface area contributed by atoms with Crippen LogP contribution in [-0.4, -0.2) is 61.8 Å². The van der Waals surface area contributed by atoms with Crippen LogP contribution >= 0.6 is 0 Å². The minimum atomic E-state index is -0.115. The summed E-state index contributed by atoms with van der Waals surface area (Å²) in [5.74, 6) is 1.56. The van der Waals surface area contributed by atoms with Gasteiger partial charge in [-0.2, -0.15) is 5.10 Å². The highest BCUT2D eigenvalue weighted by Crippen LogP contribution is 2.22. The van der Waals surface area contributed by atoms with E-state index in [0.29, 0.717) is 18.9 Å². The molecular weight excluding hydrogens is 294 g/mol. The quantitative estimate of drug-likeness (QED) is 0.896. The second kappa shape index (κ2) is 6.04. The third kappa shape index (κ3) is 3.07. The van der Waals surface area contributed by atoms with Gasteiger partial charge >= 0.3 is 6.03 Å². The number of urea groups is 1. The van der Waals surface area contributed by atoms with Crippen molar-refractivity contribution in [1.29, 1.82) is 0 Å². The number of hydrogen-bond acceptors (Lipinski definition) is 4. The maximum Gasteiger partial charge on any atom is 0.323 e. The average Bonchev–Trinajstić information content (AvgIpc) is 3.05. The molecule has 3 rings (SSSR count). The third-order valence-corrected chi connectivity index (χ3v) is 4.44. The summed E-state index contributed by atoms with van der Waals surface area (Å²) in [6, 6.07) is 1.85. The van der Waals surface area contributed by atoms with E-state index in [1.165, 1.54) is 0 Å². The molecular formula is C15H23N7O. The van der Waals surface area contributed by atoms with E-state index in [2.05, 4.69) is 27.3 Å². The molecule has 0 saturated carbocycles. The number of carbonyl (C=O) groups excluding carboxylic acids is 1. The van der Waals surface area contributed by atoms with Crippen molar-refractivity contribution in [3.8, 4) is 0 Å². The first-order valence-corrected chi connectivity index (χ1v) is 7.69. The van der Waals surface area contributed by atoms with Crippen LogP contribution in [0.3, 0.4) is 0 Å². The van der Waals surface area contributed by atoms with Gasteiger partial charge in [0.1, 0.15) is 5.82 Å². The van der Waals surface area contributed by atoms with Crippen molar-refractivity contribution in [2.75, 3.05) is 32.0 Å². The van der Waals surface area contributed by atoms with Crippen molar-refractivity contribution in [2.24, 2.45) is 14.1 Å². The predicted molar refractivity (Wildman–Crippen MR) is 87.1 cm³/mol. The van der Waals surface area contributed by atoms with Gasteiger partial charge in [-0.05, 0) is 14.0 Å². The number of aromatic nitrogens is 4. The molecule has 0 aliphatic carbocycles. The van der Waals surface area contributed by atoms with Crippen molar-refractivity contribution in [3.63, 3.8) is 0 Å². The molecule has 0 aromatic carbocycles. The van der Waals surface area contributed by atoms with E-state index < -0.39 is 0 Å². The highest BCUT2D eigenvalue weighted by molar-refractivity contribution is 5.88. The summed E-state index contributed by atoms with van der Waals surface area (Å²) in [5, 5.41) is 7.15. The first kappa shape index (κ1) is 15.5. The van der Waals surface area contributed by atoms with Crippen molar-refractivity contribution < 1.29 is 4.79 Å².